The van der Waals surface area contributed by atoms with E-state index in [1.807, 2.05) is 0 Å². The van der Waals surface area contributed by atoms with Gasteiger partial charge in [0.05, 0.1) is 6.10 Å². The van der Waals surface area contributed by atoms with E-state index in [4.69, 9.17) is 5.11 Å². The molecule has 0 bridgehead atoms. The molecule has 8 atom stereocenters. The van der Waals surface area contributed by atoms with Crippen LogP contribution in [0.5, 0.6) is 0 Å². The predicted octanol–water partition coefficient (Wildman–Crippen LogP) is 5.41. The molecule has 0 saturated heterocycles. The Kier molecular flexibility index (Phi) is 9.00. The molecular weight excluding hydrogens is 438 g/mol. The van der Waals surface area contributed by atoms with Crippen molar-refractivity contribution in [3.05, 3.63) is 0 Å². The van der Waals surface area contributed by atoms with E-state index in [0.717, 1.165) is 56.8 Å². The van der Waals surface area contributed by atoms with Crippen molar-refractivity contribution in [2.75, 3.05) is 13.2 Å². The van der Waals surface area contributed by atoms with Crippen molar-refractivity contribution in [2.24, 2.45) is 40.4 Å². The highest BCUT2D eigenvalue weighted by Crippen LogP contribution is 2.67. The quantitative estimate of drug-likeness (QED) is 0.339. The smallest absolute Gasteiger partial charge is 0.219 e. The van der Waals surface area contributed by atoms with E-state index in [1.165, 1.54) is 44.9 Å². The Balaban J connectivity index is 1.31. The number of amides is 1. The third kappa shape index (κ3) is 5.66. The summed E-state index contributed by atoms with van der Waals surface area (Å²) in [6, 6.07) is 0. The standard InChI is InChI=1S/C30H51NO4/c1-29-15-13-23(33)20-22(29)19-21(9-6-4-3-5-7-10-27(35)31-17-8-18-32)28-24-11-12-26(34)30(24,2)16-14-25(28)29/h21-22,24-26,28,32,34H,3-20H2,1-2H3,(H,31,35)/t21?,22?,24-,25+,26?,28-,29-,30-/m0/s1. The first-order chi connectivity index (χ1) is 16.8. The molecule has 4 fully saturated rings. The summed E-state index contributed by atoms with van der Waals surface area (Å²) >= 11 is 0. The lowest BCUT2D eigenvalue weighted by Gasteiger charge is -2.62. The molecule has 35 heavy (non-hydrogen) atoms. The van der Waals surface area contributed by atoms with Crippen LogP contribution in [0.4, 0.5) is 0 Å². The summed E-state index contributed by atoms with van der Waals surface area (Å²) < 4.78 is 0. The van der Waals surface area contributed by atoms with Crippen LogP contribution in [0, 0.1) is 40.4 Å². The molecule has 0 radical (unpaired) electrons. The minimum Gasteiger partial charge on any atom is -0.396 e. The van der Waals surface area contributed by atoms with E-state index >= 15 is 0 Å². The zero-order valence-electron chi connectivity index (χ0n) is 22.4. The molecule has 5 heteroatoms. The zero-order valence-corrected chi connectivity index (χ0v) is 22.4. The lowest BCUT2D eigenvalue weighted by molar-refractivity contribution is -0.156. The number of hydrogen-bond acceptors (Lipinski definition) is 4. The summed E-state index contributed by atoms with van der Waals surface area (Å²) in [5.74, 6) is 3.97. The molecule has 200 valence electrons. The highest BCUT2D eigenvalue weighted by Gasteiger charge is 2.62. The van der Waals surface area contributed by atoms with Crippen LogP contribution in [0.1, 0.15) is 117 Å². The molecule has 4 rings (SSSR count). The van der Waals surface area contributed by atoms with Crippen LogP contribution >= 0.6 is 0 Å². The van der Waals surface area contributed by atoms with Gasteiger partial charge in [-0.3, -0.25) is 9.59 Å². The monoisotopic (exact) mass is 489 g/mol. The first-order valence-electron chi connectivity index (χ1n) is 14.9. The maximum Gasteiger partial charge on any atom is 0.219 e. The van der Waals surface area contributed by atoms with Crippen molar-refractivity contribution < 1.29 is 19.8 Å². The zero-order chi connectivity index (χ0) is 25.1. The fourth-order valence-electron chi connectivity index (χ4n) is 9.11. The number of nitrogens with one attached hydrogen (secondary N) is 1. The molecule has 0 heterocycles. The first-order valence-corrected chi connectivity index (χ1v) is 14.9. The third-order valence-electron chi connectivity index (χ3n) is 11.2. The maximum atomic E-state index is 12.4. The van der Waals surface area contributed by atoms with E-state index in [9.17, 15) is 14.7 Å². The lowest BCUT2D eigenvalue weighted by atomic mass is 9.42. The molecule has 0 aliphatic heterocycles. The summed E-state index contributed by atoms with van der Waals surface area (Å²) in [7, 11) is 0. The van der Waals surface area contributed by atoms with Crippen molar-refractivity contribution in [3.8, 4) is 0 Å². The number of rotatable bonds is 11. The largest absolute Gasteiger partial charge is 0.396 e. The predicted molar refractivity (Wildman–Crippen MR) is 139 cm³/mol. The van der Waals surface area contributed by atoms with E-state index in [1.54, 1.807) is 0 Å². The summed E-state index contributed by atoms with van der Waals surface area (Å²) in [6.07, 6.45) is 16.5. The number of aliphatic hydroxyl groups is 2. The van der Waals surface area contributed by atoms with Crippen LogP contribution in [-0.4, -0.2) is 41.2 Å². The Morgan fingerprint density at radius 3 is 2.51 bits per heavy atom. The number of ketones is 1. The number of fused-ring (bicyclic) bond motifs is 5. The number of unbranched alkanes of at least 4 members (excludes halogenated alkanes) is 4. The van der Waals surface area contributed by atoms with Gasteiger partial charge in [0.1, 0.15) is 5.78 Å². The molecule has 4 aliphatic rings. The minimum atomic E-state index is -0.131. The number of carbonyl (C=O) groups excluding carboxylic acids is 2. The summed E-state index contributed by atoms with van der Waals surface area (Å²) in [4.78, 5) is 24.2. The van der Waals surface area contributed by atoms with Crippen molar-refractivity contribution in [1.29, 1.82) is 0 Å². The van der Waals surface area contributed by atoms with Gasteiger partial charge in [-0.15, -0.1) is 0 Å². The topological polar surface area (TPSA) is 86.6 Å². The van der Waals surface area contributed by atoms with Gasteiger partial charge in [-0.2, -0.15) is 0 Å². The van der Waals surface area contributed by atoms with Gasteiger partial charge in [0.25, 0.3) is 0 Å². The van der Waals surface area contributed by atoms with E-state index in [2.05, 4.69) is 19.2 Å². The third-order valence-corrected chi connectivity index (χ3v) is 11.2. The number of aliphatic hydroxyl groups excluding tert-OH is 2. The normalized spacial score (nSPS) is 40.6. The summed E-state index contributed by atoms with van der Waals surface area (Å²) in [5, 5.41) is 22.6. The van der Waals surface area contributed by atoms with Gasteiger partial charge in [-0.25, -0.2) is 0 Å². The Labute approximate surface area is 213 Å². The second kappa shape index (κ2) is 11.6. The molecule has 1 amide bonds. The maximum absolute atomic E-state index is 12.4. The Bertz CT molecular complexity index is 740. The first kappa shape index (κ1) is 27.1. The second-order valence-corrected chi connectivity index (χ2v) is 13.1. The van der Waals surface area contributed by atoms with Gasteiger partial charge in [-0.1, -0.05) is 46.0 Å². The number of Topliss-reactive ketones (excluding diaryl/α,β-unsaturated/α-hetero) is 1. The average Bonchev–Trinajstić information content (AvgIpc) is 3.13. The highest BCUT2D eigenvalue weighted by molar-refractivity contribution is 5.79. The van der Waals surface area contributed by atoms with Crippen molar-refractivity contribution in [3.63, 3.8) is 0 Å². The molecule has 0 aromatic carbocycles. The molecular formula is C30H51NO4. The van der Waals surface area contributed by atoms with Gasteiger partial charge >= 0.3 is 0 Å². The Morgan fingerprint density at radius 1 is 0.971 bits per heavy atom. The molecule has 4 saturated carbocycles. The lowest BCUT2D eigenvalue weighted by Crippen LogP contribution is -2.57. The van der Waals surface area contributed by atoms with Crippen LogP contribution in [-0.2, 0) is 9.59 Å². The van der Waals surface area contributed by atoms with Gasteiger partial charge in [0.15, 0.2) is 0 Å². The SMILES string of the molecule is C[C@]12CCC(=O)CC1CC(CCCCCCCC(=O)NCCCO)[C@@H]1[C@H]2CC[C@]2(C)C(O)CC[C@@H]12. The van der Waals surface area contributed by atoms with E-state index in [0.29, 0.717) is 48.3 Å². The molecule has 0 aromatic rings. The van der Waals surface area contributed by atoms with Crippen LogP contribution in [0.3, 0.4) is 0 Å². The fourth-order valence-corrected chi connectivity index (χ4v) is 9.11. The van der Waals surface area contributed by atoms with E-state index in [-0.39, 0.29) is 24.0 Å². The minimum absolute atomic E-state index is 0.102. The van der Waals surface area contributed by atoms with Crippen LogP contribution in [0.25, 0.3) is 0 Å². The highest BCUT2D eigenvalue weighted by atomic mass is 16.3. The van der Waals surface area contributed by atoms with E-state index < -0.39 is 0 Å². The number of carbonyl (C=O) groups is 2. The average molecular weight is 490 g/mol. The van der Waals surface area contributed by atoms with Crippen molar-refractivity contribution >= 4 is 11.7 Å². The van der Waals surface area contributed by atoms with Crippen LogP contribution in [0.15, 0.2) is 0 Å². The Hall–Kier alpha value is -0.940. The molecule has 0 aromatic heterocycles. The number of hydrogen-bond donors (Lipinski definition) is 3. The summed E-state index contributed by atoms with van der Waals surface area (Å²) in [6.45, 7) is 5.59. The van der Waals surface area contributed by atoms with Gasteiger partial charge in [-0.05, 0) is 91.8 Å². The second-order valence-electron chi connectivity index (χ2n) is 13.1. The van der Waals surface area contributed by atoms with Gasteiger partial charge < -0.3 is 15.5 Å². The summed E-state index contributed by atoms with van der Waals surface area (Å²) in [5.41, 5.74) is 0.423. The molecule has 4 aliphatic carbocycles. The van der Waals surface area contributed by atoms with Crippen LogP contribution in [0.2, 0.25) is 0 Å². The van der Waals surface area contributed by atoms with Gasteiger partial charge in [0, 0.05) is 32.4 Å². The van der Waals surface area contributed by atoms with Crippen molar-refractivity contribution in [1.82, 2.24) is 5.32 Å². The fraction of sp³-hybridized carbons (Fsp3) is 0.933. The van der Waals surface area contributed by atoms with Crippen molar-refractivity contribution in [2.45, 2.75) is 123 Å². The molecule has 5 nitrogen and oxygen atoms in total. The molecule has 3 N–H and O–H groups in total. The molecule has 0 spiro atoms. The van der Waals surface area contributed by atoms with Gasteiger partial charge in [0.2, 0.25) is 5.91 Å². The van der Waals surface area contributed by atoms with Crippen LogP contribution < -0.4 is 5.32 Å². The Morgan fingerprint density at radius 2 is 1.71 bits per heavy atom. The molecule has 3 unspecified atom stereocenters.